The predicted molar refractivity (Wildman–Crippen MR) is 194 cm³/mol. The van der Waals surface area contributed by atoms with Gasteiger partial charge in [-0.3, -0.25) is 24.0 Å². The molecule has 3 fully saturated rings. The van der Waals surface area contributed by atoms with Gasteiger partial charge in [0.1, 0.15) is 23.9 Å². The van der Waals surface area contributed by atoms with Gasteiger partial charge in [0.05, 0.1) is 22.7 Å². The van der Waals surface area contributed by atoms with Crippen LogP contribution in [0.1, 0.15) is 70.7 Å². The predicted octanol–water partition coefficient (Wildman–Crippen LogP) is 4.87. The van der Waals surface area contributed by atoms with Gasteiger partial charge < -0.3 is 25.8 Å². The molecule has 0 saturated heterocycles. The van der Waals surface area contributed by atoms with Gasteiger partial charge in [0, 0.05) is 22.7 Å². The van der Waals surface area contributed by atoms with E-state index in [1.165, 1.54) is 32.1 Å². The van der Waals surface area contributed by atoms with Gasteiger partial charge in [0.15, 0.2) is 17.1 Å². The van der Waals surface area contributed by atoms with E-state index in [0.717, 1.165) is 18.2 Å². The molecule has 0 bridgehead atoms. The summed E-state index contributed by atoms with van der Waals surface area (Å²) >= 11 is 3.28. The fourth-order valence-electron chi connectivity index (χ4n) is 9.33. The lowest BCUT2D eigenvalue weighted by Gasteiger charge is -2.62. The van der Waals surface area contributed by atoms with Gasteiger partial charge in [-0.25, -0.2) is 18.0 Å². The van der Waals surface area contributed by atoms with Crippen LogP contribution >= 0.6 is 27.7 Å². The number of rotatable bonds is 10. The lowest BCUT2D eigenvalue weighted by molar-refractivity contribution is -0.216. The molecule has 10 atom stereocenters. The average Bonchev–Trinajstić information content (AvgIpc) is 3.32. The molecule has 1 aromatic carbocycles. The molecule has 0 radical (unpaired) electrons. The lowest BCUT2D eigenvalue weighted by Crippen LogP contribution is -2.69. The molecule has 16 heteroatoms. The highest BCUT2D eigenvalue weighted by Gasteiger charge is 2.77. The van der Waals surface area contributed by atoms with E-state index in [4.69, 9.17) is 4.74 Å². The number of benzene rings is 1. The number of allylic oxidation sites excluding steroid dienone is 4. The van der Waals surface area contributed by atoms with Gasteiger partial charge in [-0.1, -0.05) is 41.4 Å². The quantitative estimate of drug-likeness (QED) is 0.190. The van der Waals surface area contributed by atoms with Gasteiger partial charge in [-0.05, 0) is 94.5 Å². The zero-order chi connectivity index (χ0) is 39.3. The van der Waals surface area contributed by atoms with Crippen LogP contribution in [-0.2, 0) is 28.7 Å². The Bertz CT molecular complexity index is 1800. The van der Waals surface area contributed by atoms with Crippen LogP contribution in [0.2, 0.25) is 0 Å². The minimum absolute atomic E-state index is 0.0395. The normalized spacial score (nSPS) is 34.0. The molecule has 11 nitrogen and oxygen atoms in total. The number of aliphatic hydroxyl groups is 1. The molecule has 5 rings (SSSR count). The van der Waals surface area contributed by atoms with Crippen LogP contribution in [0.15, 0.2) is 42.0 Å². The van der Waals surface area contributed by atoms with Crippen molar-refractivity contribution in [1.29, 1.82) is 0 Å². The number of fused-ring (bicyclic) bond motifs is 5. The van der Waals surface area contributed by atoms with Crippen LogP contribution in [0.4, 0.5) is 18.9 Å². The van der Waals surface area contributed by atoms with Crippen LogP contribution in [0.25, 0.3) is 0 Å². The van der Waals surface area contributed by atoms with Crippen molar-refractivity contribution in [3.8, 4) is 0 Å². The minimum atomic E-state index is -2.23. The van der Waals surface area contributed by atoms with Gasteiger partial charge in [0.25, 0.3) is 0 Å². The maximum absolute atomic E-state index is 17.7. The summed E-state index contributed by atoms with van der Waals surface area (Å²) in [5.74, 6) is -6.47. The number of amides is 3. The van der Waals surface area contributed by atoms with Crippen molar-refractivity contribution in [3.63, 3.8) is 0 Å². The van der Waals surface area contributed by atoms with E-state index in [0.29, 0.717) is 23.8 Å². The summed E-state index contributed by atoms with van der Waals surface area (Å²) in [5, 5.41) is 18.1. The Morgan fingerprint density at radius 3 is 2.43 bits per heavy atom. The van der Waals surface area contributed by atoms with Crippen molar-refractivity contribution in [2.45, 2.75) is 89.8 Å². The number of aliphatic hydroxyl groups excluding tert-OH is 1. The molecule has 0 aromatic heterocycles. The number of esters is 1. The summed E-state index contributed by atoms with van der Waals surface area (Å²) in [6, 6.07) is -0.335. The Kier molecular flexibility index (Phi) is 11.5. The summed E-state index contributed by atoms with van der Waals surface area (Å²) in [6.45, 7) is 7.71. The minimum Gasteiger partial charge on any atom is -0.446 e. The van der Waals surface area contributed by atoms with Crippen LogP contribution < -0.4 is 16.0 Å². The molecule has 0 aliphatic heterocycles. The third kappa shape index (κ3) is 6.66. The molecule has 4 aliphatic rings. The largest absolute Gasteiger partial charge is 0.446 e. The lowest BCUT2D eigenvalue weighted by atomic mass is 9.45. The first-order chi connectivity index (χ1) is 24.8. The highest BCUT2D eigenvalue weighted by atomic mass is 79.9. The molecule has 288 valence electrons. The van der Waals surface area contributed by atoms with Crippen LogP contribution in [0, 0.1) is 34.4 Å². The molecule has 3 saturated carbocycles. The molecule has 53 heavy (non-hydrogen) atoms. The second kappa shape index (κ2) is 15.0. The Balaban J connectivity index is 1.43. The topological polar surface area (TPSA) is 168 Å². The maximum Gasteiger partial charge on any atom is 0.339 e. The molecule has 3 amide bonds. The van der Waals surface area contributed by atoms with E-state index in [2.05, 4.69) is 31.9 Å². The molecule has 0 unspecified atom stereocenters. The summed E-state index contributed by atoms with van der Waals surface area (Å²) in [6.07, 6.45) is 3.05. The van der Waals surface area contributed by atoms with Crippen LogP contribution in [-0.4, -0.2) is 80.5 Å². The number of carbonyl (C=O) groups excluding carboxylic acids is 6. The Hall–Kier alpha value is -3.50. The molecule has 4 aliphatic carbocycles. The third-order valence-electron chi connectivity index (χ3n) is 12.0. The van der Waals surface area contributed by atoms with E-state index < -0.39 is 104 Å². The number of hydrogen-bond donors (Lipinski definition) is 4. The number of nitrogens with one attached hydrogen (secondary N) is 3. The summed E-state index contributed by atoms with van der Waals surface area (Å²) in [7, 11) is 0. The number of halogens is 4. The SMILES string of the molecule is C[C@H](NC(=O)CBr)C(=O)N[C@@H](C)C(=O)Nc1cc(C(=O)O[C@]2(C(=O)SCF)[C@H](C)C[C@H]3[C@@H]4CCC5=CC(=O)C=C[C@]5(C)[C@@]4(F)[C@@H](O)C[C@@]32C)ccc1F. The highest BCUT2D eigenvalue weighted by Crippen LogP contribution is 2.71. The first kappa shape index (κ1) is 40.7. The van der Waals surface area contributed by atoms with Gasteiger partial charge in [0.2, 0.25) is 22.8 Å². The molecule has 0 spiro atoms. The van der Waals surface area contributed by atoms with E-state index in [1.807, 2.05) is 0 Å². The maximum atomic E-state index is 17.7. The molecule has 4 N–H and O–H groups in total. The number of thioether (sulfide) groups is 1. The third-order valence-corrected chi connectivity index (χ3v) is 13.2. The molecule has 1 aromatic rings. The van der Waals surface area contributed by atoms with Crippen molar-refractivity contribution in [3.05, 3.63) is 53.4 Å². The number of anilines is 1. The number of ketones is 1. The van der Waals surface area contributed by atoms with E-state index in [-0.39, 0.29) is 35.9 Å². The van der Waals surface area contributed by atoms with Gasteiger partial charge >= 0.3 is 5.97 Å². The molecule has 0 heterocycles. The van der Waals surface area contributed by atoms with E-state index in [9.17, 15) is 42.7 Å². The standard InChI is InChI=1S/C37H43BrF3N3O8S/c1-18-12-25-24-8-7-22-14-23(45)10-11-34(22,4)36(24,41)28(46)15-35(25,5)37(18,33(51)53-17-39)52-32(50)21-6-9-26(40)27(13-21)44-31(49)20(3)43-30(48)19(2)42-29(47)16-38/h6,9-11,13-14,18-20,24-25,28,46H,7-8,12,15-17H2,1-5H3,(H,42,47)(H,43,48)(H,44,49)/t18-,19+,20+,24+,25+,28+,34+,35+,36+,37+/m1/s1. The van der Waals surface area contributed by atoms with Crippen molar-refractivity contribution in [2.24, 2.45) is 28.6 Å². The van der Waals surface area contributed by atoms with Crippen molar-refractivity contribution in [1.82, 2.24) is 10.6 Å². The number of alkyl halides is 3. The molecular formula is C37H43BrF3N3O8S. The summed E-state index contributed by atoms with van der Waals surface area (Å²) < 4.78 is 52.7. The monoisotopic (exact) mass is 825 g/mol. The molecular weight excluding hydrogens is 783 g/mol. The van der Waals surface area contributed by atoms with Gasteiger partial charge in [-0.15, -0.1) is 0 Å². The Morgan fingerprint density at radius 1 is 1.09 bits per heavy atom. The number of ether oxygens (including phenoxy) is 1. The van der Waals surface area contributed by atoms with Crippen LogP contribution in [0.5, 0.6) is 0 Å². The van der Waals surface area contributed by atoms with Gasteiger partial charge in [-0.2, -0.15) is 0 Å². The van der Waals surface area contributed by atoms with E-state index in [1.54, 1.807) is 20.8 Å². The van der Waals surface area contributed by atoms with Crippen LogP contribution in [0.3, 0.4) is 0 Å². The fourth-order valence-corrected chi connectivity index (χ4v) is 10.3. The number of hydrogen-bond acceptors (Lipinski definition) is 9. The Labute approximate surface area is 317 Å². The van der Waals surface area contributed by atoms with Crippen molar-refractivity contribution >= 4 is 68.0 Å². The van der Waals surface area contributed by atoms with Crippen molar-refractivity contribution < 1.29 is 51.8 Å². The number of carbonyl (C=O) groups is 6. The van der Waals surface area contributed by atoms with E-state index >= 15 is 4.39 Å². The summed E-state index contributed by atoms with van der Waals surface area (Å²) in [5.41, 5.74) is -7.08. The van der Waals surface area contributed by atoms with Crippen molar-refractivity contribution in [2.75, 3.05) is 16.7 Å². The summed E-state index contributed by atoms with van der Waals surface area (Å²) in [4.78, 5) is 77.3. The highest BCUT2D eigenvalue weighted by molar-refractivity contribution is 9.09. The fraction of sp³-hybridized carbons (Fsp3) is 0.568. The Morgan fingerprint density at radius 2 is 1.77 bits per heavy atom. The second-order valence-electron chi connectivity index (χ2n) is 14.9. The smallest absolute Gasteiger partial charge is 0.339 e. The second-order valence-corrected chi connectivity index (χ2v) is 16.3. The average molecular weight is 827 g/mol. The first-order valence-electron chi connectivity index (χ1n) is 17.3. The zero-order valence-corrected chi connectivity index (χ0v) is 32.3. The first-order valence-corrected chi connectivity index (χ1v) is 19.4. The zero-order valence-electron chi connectivity index (χ0n) is 29.9.